The van der Waals surface area contributed by atoms with Crippen LogP contribution >= 0.6 is 22.9 Å². The number of piperidine rings is 1. The highest BCUT2D eigenvalue weighted by molar-refractivity contribution is 7.16. The molecule has 1 amide bonds. The van der Waals surface area contributed by atoms with Crippen LogP contribution in [0.25, 0.3) is 0 Å². The van der Waals surface area contributed by atoms with E-state index in [1.54, 1.807) is 42.5 Å². The third kappa shape index (κ3) is 4.42. The monoisotopic (exact) mass is 450 g/mol. The van der Waals surface area contributed by atoms with Gasteiger partial charge in [0.1, 0.15) is 11.4 Å². The second kappa shape index (κ2) is 8.95. The predicted octanol–water partition coefficient (Wildman–Crippen LogP) is 4.35. The van der Waals surface area contributed by atoms with Crippen molar-refractivity contribution < 1.29 is 13.9 Å². The number of carbonyl (C=O) groups excluding carboxylic acids is 1. The van der Waals surface area contributed by atoms with Gasteiger partial charge in [-0.1, -0.05) is 29.8 Å². The minimum absolute atomic E-state index is 0.0415. The van der Waals surface area contributed by atoms with E-state index in [0.717, 1.165) is 43.3 Å². The van der Waals surface area contributed by atoms with Gasteiger partial charge in [-0.2, -0.15) is 0 Å². The Balaban J connectivity index is 1.45. The average molecular weight is 451 g/mol. The molecule has 2 aromatic rings. The topological polar surface area (TPSA) is 32.8 Å². The normalized spacial score (nSPS) is 19.5. The lowest BCUT2D eigenvalue weighted by atomic mass is 9.85. The maximum atomic E-state index is 14.2. The van der Waals surface area contributed by atoms with Gasteiger partial charge in [-0.05, 0) is 48.9 Å². The first-order chi connectivity index (χ1) is 14.4. The molecule has 0 unspecified atom stereocenters. The van der Waals surface area contributed by atoms with Crippen molar-refractivity contribution >= 4 is 28.8 Å². The number of benzene rings is 1. The number of rotatable bonds is 5. The molecule has 0 N–H and O–H groups in total. The van der Waals surface area contributed by atoms with Gasteiger partial charge in [0, 0.05) is 38.6 Å². The molecule has 0 aliphatic carbocycles. The van der Waals surface area contributed by atoms with Crippen LogP contribution in [0.5, 0.6) is 0 Å². The Morgan fingerprint density at radius 1 is 1.33 bits per heavy atom. The largest absolute Gasteiger partial charge is 0.369 e. The minimum atomic E-state index is -0.273. The van der Waals surface area contributed by atoms with Crippen molar-refractivity contribution in [2.45, 2.75) is 31.3 Å². The maximum Gasteiger partial charge on any atom is 0.226 e. The molecule has 1 atom stereocenters. The van der Waals surface area contributed by atoms with Crippen molar-refractivity contribution in [3.8, 4) is 0 Å². The van der Waals surface area contributed by atoms with Crippen molar-refractivity contribution in [2.75, 3.05) is 40.3 Å². The molecule has 3 heterocycles. The maximum absolute atomic E-state index is 14.2. The molecule has 162 valence electrons. The number of likely N-dealkylation sites (tertiary alicyclic amines) is 1. The van der Waals surface area contributed by atoms with E-state index in [2.05, 4.69) is 11.0 Å². The average Bonchev–Trinajstić information content (AvgIpc) is 3.12. The Bertz CT molecular complexity index is 908. The zero-order valence-electron chi connectivity index (χ0n) is 17.5. The SMILES string of the molecule is CN(C)C(=O)[C@H](Cc1ccccc1F)CN1CCC2(CC1)OCCc1cc(Cl)sc12. The van der Waals surface area contributed by atoms with Gasteiger partial charge in [0.2, 0.25) is 5.91 Å². The summed E-state index contributed by atoms with van der Waals surface area (Å²) in [4.78, 5) is 18.1. The molecule has 1 aromatic carbocycles. The first kappa shape index (κ1) is 21.8. The van der Waals surface area contributed by atoms with Crippen LogP contribution in [0, 0.1) is 11.7 Å². The lowest BCUT2D eigenvalue weighted by molar-refractivity contribution is -0.134. The molecule has 4 rings (SSSR count). The van der Waals surface area contributed by atoms with E-state index in [1.165, 1.54) is 16.5 Å². The summed E-state index contributed by atoms with van der Waals surface area (Å²) in [5.41, 5.74) is 1.68. The van der Waals surface area contributed by atoms with E-state index in [1.807, 2.05) is 6.07 Å². The van der Waals surface area contributed by atoms with Crippen molar-refractivity contribution in [3.05, 3.63) is 56.5 Å². The Labute approximate surface area is 186 Å². The molecule has 1 aromatic heterocycles. The van der Waals surface area contributed by atoms with E-state index in [9.17, 15) is 9.18 Å². The number of amides is 1. The fourth-order valence-corrected chi connectivity index (χ4v) is 6.19. The molecule has 0 saturated carbocycles. The van der Waals surface area contributed by atoms with Crippen molar-refractivity contribution in [1.29, 1.82) is 0 Å². The third-order valence-corrected chi connectivity index (χ3v) is 7.79. The molecule has 1 spiro atoms. The number of nitrogens with zero attached hydrogens (tertiary/aromatic N) is 2. The molecular weight excluding hydrogens is 423 g/mol. The summed E-state index contributed by atoms with van der Waals surface area (Å²) in [5, 5.41) is 0. The molecule has 1 fully saturated rings. The predicted molar refractivity (Wildman–Crippen MR) is 119 cm³/mol. The number of fused-ring (bicyclic) bond motifs is 2. The quantitative estimate of drug-likeness (QED) is 0.678. The van der Waals surface area contributed by atoms with Gasteiger partial charge < -0.3 is 14.5 Å². The number of carbonyl (C=O) groups is 1. The number of hydrogen-bond donors (Lipinski definition) is 0. The van der Waals surface area contributed by atoms with Crippen LogP contribution in [0.2, 0.25) is 4.34 Å². The molecule has 7 heteroatoms. The Kier molecular flexibility index (Phi) is 6.49. The van der Waals surface area contributed by atoms with Gasteiger partial charge in [-0.25, -0.2) is 4.39 Å². The highest BCUT2D eigenvalue weighted by Gasteiger charge is 2.42. The van der Waals surface area contributed by atoms with E-state index in [0.29, 0.717) is 18.5 Å². The number of ether oxygens (including phenoxy) is 1. The number of hydrogen-bond acceptors (Lipinski definition) is 4. The summed E-state index contributed by atoms with van der Waals surface area (Å²) in [7, 11) is 3.53. The first-order valence-corrected chi connectivity index (χ1v) is 11.7. The fourth-order valence-electron chi connectivity index (χ4n) is 4.69. The standard InChI is InChI=1S/C23H28ClFN2O2S/c1-26(2)22(28)18(13-16-5-3-4-6-19(16)25)15-27-10-8-23(9-11-27)21-17(7-12-29-23)14-20(24)30-21/h3-6,14,18H,7-13,15H2,1-2H3/t18-/m1/s1. The van der Waals surface area contributed by atoms with Crippen LogP contribution in [0.15, 0.2) is 30.3 Å². The second-order valence-corrected chi connectivity index (χ2v) is 10.2. The Morgan fingerprint density at radius 2 is 2.07 bits per heavy atom. The van der Waals surface area contributed by atoms with E-state index >= 15 is 0 Å². The number of thiophene rings is 1. The van der Waals surface area contributed by atoms with E-state index in [-0.39, 0.29) is 23.2 Å². The van der Waals surface area contributed by atoms with E-state index in [4.69, 9.17) is 16.3 Å². The summed E-state index contributed by atoms with van der Waals surface area (Å²) in [6.45, 7) is 3.06. The van der Waals surface area contributed by atoms with Crippen LogP contribution < -0.4 is 0 Å². The van der Waals surface area contributed by atoms with Gasteiger partial charge in [0.05, 0.1) is 16.9 Å². The van der Waals surface area contributed by atoms with E-state index < -0.39 is 0 Å². The number of halogens is 2. The smallest absolute Gasteiger partial charge is 0.226 e. The molecule has 2 aliphatic rings. The first-order valence-electron chi connectivity index (χ1n) is 10.5. The van der Waals surface area contributed by atoms with Crippen molar-refractivity contribution in [2.24, 2.45) is 5.92 Å². The zero-order valence-corrected chi connectivity index (χ0v) is 19.1. The van der Waals surface area contributed by atoms with Crippen LogP contribution in [0.1, 0.15) is 28.8 Å². The molecule has 4 nitrogen and oxygen atoms in total. The van der Waals surface area contributed by atoms with Crippen LogP contribution in [-0.4, -0.2) is 56.0 Å². The molecule has 0 radical (unpaired) electrons. The van der Waals surface area contributed by atoms with Gasteiger partial charge in [-0.15, -0.1) is 11.3 Å². The zero-order chi connectivity index (χ0) is 21.3. The molecule has 30 heavy (non-hydrogen) atoms. The summed E-state index contributed by atoms with van der Waals surface area (Å²) in [6.07, 6.45) is 3.11. The lowest BCUT2D eigenvalue weighted by Gasteiger charge is -2.44. The van der Waals surface area contributed by atoms with Crippen molar-refractivity contribution in [1.82, 2.24) is 9.80 Å². The van der Waals surface area contributed by atoms with Gasteiger partial charge >= 0.3 is 0 Å². The van der Waals surface area contributed by atoms with Gasteiger partial charge in [0.15, 0.2) is 0 Å². The Morgan fingerprint density at radius 3 is 2.77 bits per heavy atom. The Hall–Kier alpha value is -1.47. The van der Waals surface area contributed by atoms with Gasteiger partial charge in [0.25, 0.3) is 0 Å². The highest BCUT2D eigenvalue weighted by atomic mass is 35.5. The third-order valence-electron chi connectivity index (χ3n) is 6.30. The summed E-state index contributed by atoms with van der Waals surface area (Å²) >= 11 is 7.93. The molecular formula is C23H28ClFN2O2S. The summed E-state index contributed by atoms with van der Waals surface area (Å²) < 4.78 is 21.3. The van der Waals surface area contributed by atoms with Crippen LogP contribution in [-0.2, 0) is 28.0 Å². The van der Waals surface area contributed by atoms with Crippen molar-refractivity contribution in [3.63, 3.8) is 0 Å². The highest BCUT2D eigenvalue weighted by Crippen LogP contribution is 2.46. The minimum Gasteiger partial charge on any atom is -0.369 e. The lowest BCUT2D eigenvalue weighted by Crippen LogP contribution is -2.48. The van der Waals surface area contributed by atoms with Gasteiger partial charge in [-0.3, -0.25) is 4.79 Å². The molecule has 2 aliphatic heterocycles. The summed E-state index contributed by atoms with van der Waals surface area (Å²) in [6, 6.07) is 8.82. The molecule has 1 saturated heterocycles. The van der Waals surface area contributed by atoms with Crippen LogP contribution in [0.3, 0.4) is 0 Å². The molecule has 0 bridgehead atoms. The fraction of sp³-hybridized carbons (Fsp3) is 0.522. The second-order valence-electron chi connectivity index (χ2n) is 8.52. The van der Waals surface area contributed by atoms with Crippen LogP contribution in [0.4, 0.5) is 4.39 Å². The summed E-state index contributed by atoms with van der Waals surface area (Å²) in [5.74, 6) is -0.478.